The van der Waals surface area contributed by atoms with Crippen molar-refractivity contribution in [3.63, 3.8) is 0 Å². The smallest absolute Gasteiger partial charge is 0.304 e. The summed E-state index contributed by atoms with van der Waals surface area (Å²) in [6, 6.07) is 6.60. The van der Waals surface area contributed by atoms with Gasteiger partial charge in [-0.15, -0.1) is 0 Å². The van der Waals surface area contributed by atoms with Crippen molar-refractivity contribution in [3.05, 3.63) is 46.2 Å². The number of fused-ring (bicyclic) bond motifs is 3. The Hall–Kier alpha value is -1.74. The summed E-state index contributed by atoms with van der Waals surface area (Å²) in [4.78, 5) is 17.6. The van der Waals surface area contributed by atoms with Crippen molar-refractivity contribution in [3.8, 4) is 0 Å². The number of nitrogens with zero attached hydrogens (tertiary/aromatic N) is 2. The van der Waals surface area contributed by atoms with Gasteiger partial charge < -0.3 is 9.67 Å². The van der Waals surface area contributed by atoms with Crippen molar-refractivity contribution in [1.82, 2.24) is 9.55 Å². The molecule has 3 aromatic rings. The third-order valence-electron chi connectivity index (χ3n) is 5.15. The third-order valence-corrected chi connectivity index (χ3v) is 8.14. The van der Waals surface area contributed by atoms with Gasteiger partial charge in [0.15, 0.2) is 9.84 Å². The largest absolute Gasteiger partial charge is 0.481 e. The molecule has 0 spiro atoms. The molecule has 1 aliphatic rings. The second kappa shape index (κ2) is 8.07. The zero-order valence-corrected chi connectivity index (χ0v) is 19.1. The van der Waals surface area contributed by atoms with Gasteiger partial charge in [-0.05, 0) is 37.1 Å². The van der Waals surface area contributed by atoms with Gasteiger partial charge in [0.2, 0.25) is 0 Å². The molecule has 1 aromatic carbocycles. The summed E-state index contributed by atoms with van der Waals surface area (Å²) < 4.78 is 27.1. The van der Waals surface area contributed by atoms with Crippen LogP contribution in [0.4, 0.5) is 0 Å². The second-order valence-corrected chi connectivity index (χ2v) is 11.1. The quantitative estimate of drug-likeness (QED) is 0.531. The Kier molecular flexibility index (Phi) is 5.78. The number of rotatable bonds is 5. The predicted octanol–water partition coefficient (Wildman–Crippen LogP) is 5.25. The second-order valence-electron chi connectivity index (χ2n) is 7.26. The molecule has 0 fully saturated rings. The number of carboxylic acids is 1. The number of carbonyl (C=O) groups is 1. The molecule has 0 saturated heterocycles. The molecule has 3 heterocycles. The first-order chi connectivity index (χ1) is 14.2. The van der Waals surface area contributed by atoms with Crippen molar-refractivity contribution >= 4 is 61.8 Å². The van der Waals surface area contributed by atoms with Crippen LogP contribution in [0, 0.1) is 0 Å². The van der Waals surface area contributed by atoms with Crippen LogP contribution in [-0.4, -0.2) is 35.3 Å². The molecule has 6 nitrogen and oxygen atoms in total. The molecule has 0 amide bonds. The van der Waals surface area contributed by atoms with Gasteiger partial charge in [0.05, 0.1) is 21.7 Å². The van der Waals surface area contributed by atoms with E-state index in [0.717, 1.165) is 18.4 Å². The molecule has 2 aromatic heterocycles. The molecule has 1 aliphatic heterocycles. The fourth-order valence-electron chi connectivity index (χ4n) is 3.97. The summed E-state index contributed by atoms with van der Waals surface area (Å²) in [6.45, 7) is 0.650. The molecule has 158 valence electrons. The molecule has 30 heavy (non-hydrogen) atoms. The summed E-state index contributed by atoms with van der Waals surface area (Å²) in [6.07, 6.45) is 4.11. The fourth-order valence-corrected chi connectivity index (χ4v) is 6.63. The standard InChI is InChI=1S/C20H18Cl2N2O4S2/c1-30(27,28)15-6-7-23-20-17(15)19(29-14-5-4-12(21)10-13(14)22)18-11(9-16(25)26)3-2-8-24(18)20/h4-7,10-11H,2-3,8-9H2,1H3,(H,25,26). The number of hydrogen-bond acceptors (Lipinski definition) is 5. The Morgan fingerprint density at radius 3 is 2.77 bits per heavy atom. The van der Waals surface area contributed by atoms with Gasteiger partial charge in [0, 0.05) is 45.4 Å². The Labute approximate surface area is 188 Å². The number of hydrogen-bond donors (Lipinski definition) is 1. The van der Waals surface area contributed by atoms with Gasteiger partial charge in [0.25, 0.3) is 0 Å². The van der Waals surface area contributed by atoms with Gasteiger partial charge >= 0.3 is 5.97 Å². The van der Waals surface area contributed by atoms with Crippen LogP contribution in [-0.2, 0) is 21.2 Å². The van der Waals surface area contributed by atoms with Crippen LogP contribution in [0.1, 0.15) is 30.9 Å². The van der Waals surface area contributed by atoms with Crippen LogP contribution in [0.25, 0.3) is 11.0 Å². The fraction of sp³-hybridized carbons (Fsp3) is 0.300. The van der Waals surface area contributed by atoms with Crippen LogP contribution in [0.3, 0.4) is 0 Å². The Morgan fingerprint density at radius 1 is 1.33 bits per heavy atom. The third kappa shape index (κ3) is 3.93. The van der Waals surface area contributed by atoms with Gasteiger partial charge in [-0.3, -0.25) is 4.79 Å². The van der Waals surface area contributed by atoms with E-state index < -0.39 is 15.8 Å². The first-order valence-corrected chi connectivity index (χ1v) is 12.7. The zero-order chi connectivity index (χ0) is 21.6. The molecule has 10 heteroatoms. The Bertz CT molecular complexity index is 1270. The molecule has 0 aliphatic carbocycles. The summed E-state index contributed by atoms with van der Waals surface area (Å²) in [5, 5.41) is 10.9. The Morgan fingerprint density at radius 2 is 2.10 bits per heavy atom. The normalized spacial score (nSPS) is 16.6. The van der Waals surface area contributed by atoms with Gasteiger partial charge in [0.1, 0.15) is 5.65 Å². The predicted molar refractivity (Wildman–Crippen MR) is 118 cm³/mol. The lowest BCUT2D eigenvalue weighted by Gasteiger charge is -2.25. The summed E-state index contributed by atoms with van der Waals surface area (Å²) >= 11 is 13.7. The van der Waals surface area contributed by atoms with E-state index in [4.69, 9.17) is 23.2 Å². The van der Waals surface area contributed by atoms with Crippen LogP contribution in [0.5, 0.6) is 0 Å². The van der Waals surface area contributed by atoms with E-state index in [1.165, 1.54) is 24.0 Å². The molecule has 0 saturated carbocycles. The highest BCUT2D eigenvalue weighted by atomic mass is 35.5. The van der Waals surface area contributed by atoms with E-state index in [1.807, 2.05) is 4.57 Å². The number of aliphatic carboxylic acids is 1. The maximum atomic E-state index is 12.6. The molecular formula is C20H18Cl2N2O4S2. The number of sulfone groups is 1. The minimum atomic E-state index is -3.54. The lowest BCUT2D eigenvalue weighted by Crippen LogP contribution is -2.18. The average Bonchev–Trinajstić information content (AvgIpc) is 2.98. The van der Waals surface area contributed by atoms with Crippen molar-refractivity contribution in [1.29, 1.82) is 0 Å². The van der Waals surface area contributed by atoms with E-state index in [9.17, 15) is 18.3 Å². The van der Waals surface area contributed by atoms with E-state index in [2.05, 4.69) is 4.98 Å². The maximum absolute atomic E-state index is 12.6. The van der Waals surface area contributed by atoms with Gasteiger partial charge in [-0.1, -0.05) is 35.0 Å². The zero-order valence-electron chi connectivity index (χ0n) is 15.9. The molecule has 1 N–H and O–H groups in total. The van der Waals surface area contributed by atoms with E-state index >= 15 is 0 Å². The maximum Gasteiger partial charge on any atom is 0.304 e. The molecule has 1 unspecified atom stereocenters. The van der Waals surface area contributed by atoms with Crippen molar-refractivity contribution in [2.45, 2.75) is 46.4 Å². The monoisotopic (exact) mass is 484 g/mol. The number of pyridine rings is 1. The summed E-state index contributed by atoms with van der Waals surface area (Å²) in [5.74, 6) is -1.14. The number of aromatic nitrogens is 2. The molecule has 0 radical (unpaired) electrons. The lowest BCUT2D eigenvalue weighted by atomic mass is 9.93. The number of aryl methyl sites for hydroxylation is 1. The molecule has 4 rings (SSSR count). The minimum Gasteiger partial charge on any atom is -0.481 e. The summed E-state index contributed by atoms with van der Waals surface area (Å²) in [7, 11) is -3.54. The highest BCUT2D eigenvalue weighted by Crippen LogP contribution is 2.48. The molecule has 1 atom stereocenters. The topological polar surface area (TPSA) is 89.3 Å². The first kappa shape index (κ1) is 21.5. The van der Waals surface area contributed by atoms with Crippen molar-refractivity contribution in [2.24, 2.45) is 0 Å². The van der Waals surface area contributed by atoms with Crippen LogP contribution < -0.4 is 0 Å². The summed E-state index contributed by atoms with van der Waals surface area (Å²) in [5.41, 5.74) is 1.36. The van der Waals surface area contributed by atoms with Crippen LogP contribution >= 0.6 is 35.0 Å². The van der Waals surface area contributed by atoms with Crippen LogP contribution in [0.2, 0.25) is 10.0 Å². The molecular weight excluding hydrogens is 467 g/mol. The van der Waals surface area contributed by atoms with Gasteiger partial charge in [-0.2, -0.15) is 0 Å². The van der Waals surface area contributed by atoms with Gasteiger partial charge in [-0.25, -0.2) is 13.4 Å². The number of carboxylic acid groups (broad SMARTS) is 1. The number of benzene rings is 1. The van der Waals surface area contributed by atoms with Crippen molar-refractivity contribution < 1.29 is 18.3 Å². The van der Waals surface area contributed by atoms with E-state index in [1.54, 1.807) is 18.2 Å². The highest BCUT2D eigenvalue weighted by Gasteiger charge is 2.32. The minimum absolute atomic E-state index is 0.0353. The van der Waals surface area contributed by atoms with E-state index in [-0.39, 0.29) is 17.2 Å². The van der Waals surface area contributed by atoms with Crippen molar-refractivity contribution in [2.75, 3.05) is 6.26 Å². The SMILES string of the molecule is CS(=O)(=O)c1ccnc2c1c(Sc1ccc(Cl)cc1Cl)c1n2CCCC1CC(=O)O. The average molecular weight is 485 g/mol. The first-order valence-electron chi connectivity index (χ1n) is 9.22. The van der Waals surface area contributed by atoms with E-state index in [0.29, 0.717) is 43.8 Å². The number of halogens is 2. The lowest BCUT2D eigenvalue weighted by molar-refractivity contribution is -0.137. The van der Waals surface area contributed by atoms with Crippen LogP contribution in [0.15, 0.2) is 45.1 Å². The molecule has 0 bridgehead atoms. The highest BCUT2D eigenvalue weighted by molar-refractivity contribution is 7.99. The Balaban J connectivity index is 2.03.